The number of nitrogens with zero attached hydrogens (tertiary/aromatic N) is 3. The number of imidazole rings is 1. The predicted octanol–water partition coefficient (Wildman–Crippen LogP) is -0.502. The zero-order chi connectivity index (χ0) is 12.3. The van der Waals surface area contributed by atoms with Crippen LogP contribution in [0, 0.1) is 0 Å². The van der Waals surface area contributed by atoms with E-state index in [2.05, 4.69) is 4.98 Å². The van der Waals surface area contributed by atoms with Crippen LogP contribution < -0.4 is 5.73 Å². The molecule has 94 valence electrons. The molecule has 1 saturated heterocycles. The van der Waals surface area contributed by atoms with Crippen LogP contribution in [-0.4, -0.2) is 45.2 Å². The minimum atomic E-state index is -0.483. The van der Waals surface area contributed by atoms with Gasteiger partial charge in [-0.3, -0.25) is 4.79 Å². The lowest BCUT2D eigenvalue weighted by Gasteiger charge is -2.17. The van der Waals surface area contributed by atoms with Gasteiger partial charge in [0.15, 0.2) is 0 Å². The van der Waals surface area contributed by atoms with Crippen molar-refractivity contribution in [2.24, 2.45) is 5.73 Å². The molecule has 0 spiro atoms. The molecule has 2 heterocycles. The van der Waals surface area contributed by atoms with E-state index in [-0.39, 0.29) is 19.1 Å². The number of hydrogen-bond acceptors (Lipinski definition) is 4. The molecule has 6 nitrogen and oxygen atoms in total. The first-order chi connectivity index (χ1) is 8.22. The van der Waals surface area contributed by atoms with Crippen molar-refractivity contribution in [3.8, 4) is 0 Å². The molecule has 0 aliphatic carbocycles. The van der Waals surface area contributed by atoms with Gasteiger partial charge in [-0.2, -0.15) is 0 Å². The first-order valence-electron chi connectivity index (χ1n) is 5.86. The maximum atomic E-state index is 11.9. The third kappa shape index (κ3) is 2.65. The number of carbonyl (C=O) groups excluding carboxylic acids is 1. The summed E-state index contributed by atoms with van der Waals surface area (Å²) in [5.41, 5.74) is 6.43. The SMILES string of the molecule is NC(CO)c1cncn1CC(=O)N1CCCC1. The van der Waals surface area contributed by atoms with Crippen molar-refractivity contribution < 1.29 is 9.90 Å². The summed E-state index contributed by atoms with van der Waals surface area (Å²) in [6.07, 6.45) is 5.34. The Labute approximate surface area is 100 Å². The fourth-order valence-corrected chi connectivity index (χ4v) is 2.08. The maximum Gasteiger partial charge on any atom is 0.242 e. The van der Waals surface area contributed by atoms with E-state index in [4.69, 9.17) is 10.8 Å². The molecular weight excluding hydrogens is 220 g/mol. The van der Waals surface area contributed by atoms with Crippen LogP contribution in [0.3, 0.4) is 0 Å². The summed E-state index contributed by atoms with van der Waals surface area (Å²) >= 11 is 0. The van der Waals surface area contributed by atoms with Crippen LogP contribution in [0.1, 0.15) is 24.6 Å². The Morgan fingerprint density at radius 3 is 2.88 bits per heavy atom. The van der Waals surface area contributed by atoms with Crippen LogP contribution >= 0.6 is 0 Å². The van der Waals surface area contributed by atoms with Gasteiger partial charge < -0.3 is 20.3 Å². The number of rotatable bonds is 4. The molecule has 1 aliphatic rings. The fourth-order valence-electron chi connectivity index (χ4n) is 2.08. The normalized spacial score (nSPS) is 17.4. The van der Waals surface area contributed by atoms with E-state index in [1.807, 2.05) is 4.90 Å². The van der Waals surface area contributed by atoms with Gasteiger partial charge in [0.05, 0.1) is 24.7 Å². The van der Waals surface area contributed by atoms with Gasteiger partial charge in [-0.1, -0.05) is 0 Å². The summed E-state index contributed by atoms with van der Waals surface area (Å²) in [4.78, 5) is 17.8. The number of aliphatic hydroxyl groups excluding tert-OH is 1. The monoisotopic (exact) mass is 238 g/mol. The number of aromatic nitrogens is 2. The van der Waals surface area contributed by atoms with Gasteiger partial charge >= 0.3 is 0 Å². The Morgan fingerprint density at radius 2 is 2.24 bits per heavy atom. The minimum Gasteiger partial charge on any atom is -0.394 e. The molecule has 3 N–H and O–H groups in total. The van der Waals surface area contributed by atoms with Crippen molar-refractivity contribution in [2.45, 2.75) is 25.4 Å². The summed E-state index contributed by atoms with van der Waals surface area (Å²) in [6.45, 7) is 1.79. The van der Waals surface area contributed by atoms with E-state index < -0.39 is 6.04 Å². The Bertz CT molecular complexity index is 385. The van der Waals surface area contributed by atoms with E-state index >= 15 is 0 Å². The average Bonchev–Trinajstić information content (AvgIpc) is 2.98. The van der Waals surface area contributed by atoms with Crippen molar-refractivity contribution in [1.82, 2.24) is 14.5 Å². The molecule has 1 fully saturated rings. The largest absolute Gasteiger partial charge is 0.394 e. The highest BCUT2D eigenvalue weighted by molar-refractivity contribution is 5.76. The second-order valence-electron chi connectivity index (χ2n) is 4.32. The molecule has 1 aromatic rings. The van der Waals surface area contributed by atoms with Gasteiger partial charge in [0, 0.05) is 19.3 Å². The number of amides is 1. The van der Waals surface area contributed by atoms with Gasteiger partial charge in [0.25, 0.3) is 0 Å². The second kappa shape index (κ2) is 5.29. The van der Waals surface area contributed by atoms with Crippen LogP contribution in [0.25, 0.3) is 0 Å². The molecule has 1 unspecified atom stereocenters. The lowest BCUT2D eigenvalue weighted by atomic mass is 10.2. The van der Waals surface area contributed by atoms with Crippen LogP contribution in [-0.2, 0) is 11.3 Å². The lowest BCUT2D eigenvalue weighted by Crippen LogP contribution is -2.32. The Kier molecular flexibility index (Phi) is 3.75. The third-order valence-electron chi connectivity index (χ3n) is 3.09. The average molecular weight is 238 g/mol. The highest BCUT2D eigenvalue weighted by Gasteiger charge is 2.19. The van der Waals surface area contributed by atoms with Crippen molar-refractivity contribution in [1.29, 1.82) is 0 Å². The van der Waals surface area contributed by atoms with E-state index in [0.29, 0.717) is 5.69 Å². The Morgan fingerprint density at radius 1 is 1.53 bits per heavy atom. The second-order valence-corrected chi connectivity index (χ2v) is 4.32. The molecule has 2 rings (SSSR count). The number of nitrogens with two attached hydrogens (primary N) is 1. The highest BCUT2D eigenvalue weighted by Crippen LogP contribution is 2.12. The molecule has 1 atom stereocenters. The van der Waals surface area contributed by atoms with Crippen LogP contribution in [0.5, 0.6) is 0 Å². The molecule has 0 aromatic carbocycles. The Hall–Kier alpha value is -1.40. The van der Waals surface area contributed by atoms with Crippen molar-refractivity contribution >= 4 is 5.91 Å². The molecule has 0 bridgehead atoms. The summed E-state index contributed by atoms with van der Waals surface area (Å²) in [7, 11) is 0. The summed E-state index contributed by atoms with van der Waals surface area (Å²) in [5.74, 6) is 0.0897. The highest BCUT2D eigenvalue weighted by atomic mass is 16.3. The fraction of sp³-hybridized carbons (Fsp3) is 0.636. The van der Waals surface area contributed by atoms with Gasteiger partial charge in [-0.05, 0) is 12.8 Å². The molecule has 6 heteroatoms. The zero-order valence-electron chi connectivity index (χ0n) is 9.75. The maximum absolute atomic E-state index is 11.9. The van der Waals surface area contributed by atoms with Gasteiger partial charge in [0.2, 0.25) is 5.91 Å². The quantitative estimate of drug-likeness (QED) is 0.740. The predicted molar refractivity (Wildman–Crippen MR) is 62.1 cm³/mol. The van der Waals surface area contributed by atoms with Crippen molar-refractivity contribution in [2.75, 3.05) is 19.7 Å². The smallest absolute Gasteiger partial charge is 0.242 e. The van der Waals surface area contributed by atoms with Crippen molar-refractivity contribution in [3.63, 3.8) is 0 Å². The number of aliphatic hydroxyl groups is 1. The molecular formula is C11H18N4O2. The number of hydrogen-bond donors (Lipinski definition) is 2. The zero-order valence-corrected chi connectivity index (χ0v) is 9.75. The topological polar surface area (TPSA) is 84.4 Å². The van der Waals surface area contributed by atoms with E-state index in [1.54, 1.807) is 17.1 Å². The molecule has 1 amide bonds. The Balaban J connectivity index is 2.02. The molecule has 0 saturated carbocycles. The van der Waals surface area contributed by atoms with Gasteiger partial charge in [0.1, 0.15) is 6.54 Å². The lowest BCUT2D eigenvalue weighted by molar-refractivity contribution is -0.130. The molecule has 1 aromatic heterocycles. The number of carbonyl (C=O) groups is 1. The third-order valence-corrected chi connectivity index (χ3v) is 3.09. The standard InChI is InChI=1S/C11H18N4O2/c12-9(7-16)10-5-13-8-15(10)6-11(17)14-3-1-2-4-14/h5,8-9,16H,1-4,6-7,12H2. The van der Waals surface area contributed by atoms with Crippen LogP contribution in [0.15, 0.2) is 12.5 Å². The minimum absolute atomic E-state index is 0.0897. The van der Waals surface area contributed by atoms with Crippen LogP contribution in [0.2, 0.25) is 0 Å². The molecule has 1 aliphatic heterocycles. The van der Waals surface area contributed by atoms with E-state index in [1.165, 1.54) is 0 Å². The van der Waals surface area contributed by atoms with Gasteiger partial charge in [-0.15, -0.1) is 0 Å². The first-order valence-corrected chi connectivity index (χ1v) is 5.86. The van der Waals surface area contributed by atoms with Gasteiger partial charge in [-0.25, -0.2) is 4.98 Å². The van der Waals surface area contributed by atoms with E-state index in [0.717, 1.165) is 25.9 Å². The first kappa shape index (κ1) is 12.1. The van der Waals surface area contributed by atoms with Crippen molar-refractivity contribution in [3.05, 3.63) is 18.2 Å². The molecule has 17 heavy (non-hydrogen) atoms. The van der Waals surface area contributed by atoms with Crippen LogP contribution in [0.4, 0.5) is 0 Å². The molecule has 0 radical (unpaired) electrons. The van der Waals surface area contributed by atoms with E-state index in [9.17, 15) is 4.79 Å². The summed E-state index contributed by atoms with van der Waals surface area (Å²) < 4.78 is 1.71. The number of likely N-dealkylation sites (tertiary alicyclic amines) is 1. The summed E-state index contributed by atoms with van der Waals surface area (Å²) in [5, 5.41) is 9.02. The summed E-state index contributed by atoms with van der Waals surface area (Å²) in [6, 6.07) is -0.483.